The fraction of sp³-hybridized carbons (Fsp3) is 0.750. The smallest absolute Gasteiger partial charge is 0.282 e. The van der Waals surface area contributed by atoms with Crippen LogP contribution in [0.5, 0.6) is 0 Å². The summed E-state index contributed by atoms with van der Waals surface area (Å²) in [5.41, 5.74) is 0.0984. The molecule has 3 nitrogen and oxygen atoms in total. The molecule has 0 rings (SSSR count). The van der Waals surface area contributed by atoms with Crippen molar-refractivity contribution in [3.8, 4) is 0 Å². The zero-order valence-electron chi connectivity index (χ0n) is 7.74. The van der Waals surface area contributed by atoms with Gasteiger partial charge in [0.1, 0.15) is 0 Å². The van der Waals surface area contributed by atoms with Gasteiger partial charge in [0.05, 0.1) is 5.41 Å². The van der Waals surface area contributed by atoms with Crippen LogP contribution in [0.4, 0.5) is 0 Å². The van der Waals surface area contributed by atoms with Crippen LogP contribution in [0.3, 0.4) is 0 Å². The predicted molar refractivity (Wildman–Crippen MR) is 49.4 cm³/mol. The van der Waals surface area contributed by atoms with Crippen molar-refractivity contribution in [2.75, 3.05) is 0 Å². The largest absolute Gasteiger partial charge is 0.287 e. The van der Waals surface area contributed by atoms with Gasteiger partial charge in [-0.3, -0.25) is 4.55 Å². The van der Waals surface area contributed by atoms with Crippen LogP contribution < -0.4 is 0 Å². The highest BCUT2D eigenvalue weighted by atomic mass is 32.2. The van der Waals surface area contributed by atoms with E-state index in [0.29, 0.717) is 6.42 Å². The van der Waals surface area contributed by atoms with Crippen LogP contribution >= 0.6 is 0 Å². The lowest BCUT2D eigenvalue weighted by Gasteiger charge is -2.19. The van der Waals surface area contributed by atoms with E-state index in [0.717, 1.165) is 11.8 Å². The first-order valence-corrected chi connectivity index (χ1v) is 5.41. The molecule has 72 valence electrons. The van der Waals surface area contributed by atoms with E-state index in [9.17, 15) is 8.42 Å². The first kappa shape index (κ1) is 11.6. The van der Waals surface area contributed by atoms with Gasteiger partial charge in [-0.15, -0.1) is 0 Å². The van der Waals surface area contributed by atoms with Crippen LogP contribution in [0, 0.1) is 5.41 Å². The lowest BCUT2D eigenvalue weighted by Crippen LogP contribution is -2.07. The van der Waals surface area contributed by atoms with Crippen LogP contribution in [-0.4, -0.2) is 13.0 Å². The lowest BCUT2D eigenvalue weighted by atomic mass is 9.87. The molecule has 0 aromatic rings. The molecule has 4 heteroatoms. The molecule has 0 unspecified atom stereocenters. The monoisotopic (exact) mass is 192 g/mol. The Balaban J connectivity index is 4.09. The van der Waals surface area contributed by atoms with Crippen molar-refractivity contribution in [3.63, 3.8) is 0 Å². The summed E-state index contributed by atoms with van der Waals surface area (Å²) in [7, 11) is -3.94. The fourth-order valence-electron chi connectivity index (χ4n) is 0.633. The Hall–Kier alpha value is -0.350. The minimum absolute atomic E-state index is 0.0984. The number of hydrogen-bond acceptors (Lipinski definition) is 2. The highest BCUT2D eigenvalue weighted by Crippen LogP contribution is 2.24. The van der Waals surface area contributed by atoms with Gasteiger partial charge in [-0.1, -0.05) is 33.3 Å². The third-order valence-electron chi connectivity index (χ3n) is 1.90. The molecular weight excluding hydrogens is 176 g/mol. The lowest BCUT2D eigenvalue weighted by molar-refractivity contribution is 0.357. The Bertz CT molecular complexity index is 249. The molecule has 0 aliphatic heterocycles. The van der Waals surface area contributed by atoms with Gasteiger partial charge >= 0.3 is 0 Å². The summed E-state index contributed by atoms with van der Waals surface area (Å²) in [4.78, 5) is 0. The topological polar surface area (TPSA) is 54.4 Å². The third-order valence-corrected chi connectivity index (χ3v) is 2.43. The molecule has 1 N–H and O–H groups in total. The van der Waals surface area contributed by atoms with E-state index in [1.165, 1.54) is 6.08 Å². The van der Waals surface area contributed by atoms with Crippen molar-refractivity contribution in [1.29, 1.82) is 0 Å². The van der Waals surface area contributed by atoms with E-state index in [2.05, 4.69) is 0 Å². The number of allylic oxidation sites excluding steroid dienone is 1. The second-order valence-corrected chi connectivity index (χ2v) is 4.91. The molecular formula is C8H16O3S. The first-order chi connectivity index (χ1) is 5.27. The summed E-state index contributed by atoms with van der Waals surface area (Å²) < 4.78 is 28.9. The molecule has 0 atom stereocenters. The van der Waals surface area contributed by atoms with Crippen molar-refractivity contribution in [2.45, 2.75) is 33.6 Å². The van der Waals surface area contributed by atoms with Gasteiger partial charge in [0.2, 0.25) is 0 Å². The van der Waals surface area contributed by atoms with Gasteiger partial charge in [0.25, 0.3) is 10.1 Å². The van der Waals surface area contributed by atoms with Gasteiger partial charge in [0, 0.05) is 0 Å². The van der Waals surface area contributed by atoms with E-state index in [1.807, 2.05) is 20.8 Å². The van der Waals surface area contributed by atoms with E-state index < -0.39 is 10.1 Å². The van der Waals surface area contributed by atoms with Gasteiger partial charge in [-0.2, -0.15) is 8.42 Å². The van der Waals surface area contributed by atoms with Crippen molar-refractivity contribution in [3.05, 3.63) is 11.5 Å². The Morgan fingerprint density at radius 2 is 1.92 bits per heavy atom. The van der Waals surface area contributed by atoms with Crippen LogP contribution in [0.2, 0.25) is 0 Å². The molecule has 0 aromatic carbocycles. The van der Waals surface area contributed by atoms with E-state index in [4.69, 9.17) is 4.55 Å². The molecule has 0 heterocycles. The predicted octanol–water partition coefficient (Wildman–Crippen LogP) is 2.21. The maximum atomic E-state index is 10.3. The minimum Gasteiger partial charge on any atom is -0.282 e. The van der Waals surface area contributed by atoms with Crippen LogP contribution in [0.15, 0.2) is 11.5 Å². The molecule has 0 bridgehead atoms. The number of rotatable bonds is 4. The molecule has 0 saturated heterocycles. The molecule has 0 amide bonds. The normalized spacial score (nSPS) is 14.0. The highest BCUT2D eigenvalue weighted by molar-refractivity contribution is 7.88. The summed E-state index contributed by atoms with van der Waals surface area (Å²) in [5.74, 6) is 0. The van der Waals surface area contributed by atoms with Gasteiger partial charge in [0.15, 0.2) is 0 Å². The van der Waals surface area contributed by atoms with Crippen LogP contribution in [0.25, 0.3) is 0 Å². The highest BCUT2D eigenvalue weighted by Gasteiger charge is 2.12. The van der Waals surface area contributed by atoms with Gasteiger partial charge in [-0.05, 0) is 11.8 Å². The zero-order chi connectivity index (χ0) is 9.83. The van der Waals surface area contributed by atoms with Crippen molar-refractivity contribution >= 4 is 10.1 Å². The van der Waals surface area contributed by atoms with Crippen molar-refractivity contribution in [2.24, 2.45) is 5.41 Å². The van der Waals surface area contributed by atoms with Gasteiger partial charge < -0.3 is 0 Å². The molecule has 0 radical (unpaired) electrons. The SMILES string of the molecule is CCC(C)(C)CC=CS(=O)(=O)O. The Kier molecular flexibility index (Phi) is 3.93. The molecule has 0 saturated carbocycles. The summed E-state index contributed by atoms with van der Waals surface area (Å²) in [6, 6.07) is 0. The molecule has 12 heavy (non-hydrogen) atoms. The fourth-order valence-corrected chi connectivity index (χ4v) is 0.973. The molecule has 0 aliphatic rings. The maximum Gasteiger partial charge on any atom is 0.287 e. The summed E-state index contributed by atoms with van der Waals surface area (Å²) in [6.07, 6.45) is 3.12. The Morgan fingerprint density at radius 1 is 1.42 bits per heavy atom. The average Bonchev–Trinajstić information content (AvgIpc) is 1.84. The molecule has 0 aromatic heterocycles. The summed E-state index contributed by atoms with van der Waals surface area (Å²) in [5, 5.41) is 0.838. The number of hydrogen-bond donors (Lipinski definition) is 1. The second kappa shape index (κ2) is 4.05. The van der Waals surface area contributed by atoms with Gasteiger partial charge in [-0.25, -0.2) is 0 Å². The Morgan fingerprint density at radius 3 is 2.25 bits per heavy atom. The molecule has 0 spiro atoms. The average molecular weight is 192 g/mol. The van der Waals surface area contributed by atoms with E-state index in [1.54, 1.807) is 0 Å². The summed E-state index contributed by atoms with van der Waals surface area (Å²) >= 11 is 0. The van der Waals surface area contributed by atoms with E-state index in [-0.39, 0.29) is 5.41 Å². The first-order valence-electron chi connectivity index (χ1n) is 3.91. The second-order valence-electron chi connectivity index (χ2n) is 3.61. The standard InChI is InChI=1S/C8H16O3S/c1-4-8(2,3)6-5-7-12(9,10)11/h5,7H,4,6H2,1-3H3,(H,9,10,11). The Labute approximate surface area is 74.2 Å². The van der Waals surface area contributed by atoms with Crippen molar-refractivity contribution < 1.29 is 13.0 Å². The van der Waals surface area contributed by atoms with Crippen LogP contribution in [-0.2, 0) is 10.1 Å². The maximum absolute atomic E-state index is 10.3. The quantitative estimate of drug-likeness (QED) is 0.695. The summed E-state index contributed by atoms with van der Waals surface area (Å²) in [6.45, 7) is 6.13. The zero-order valence-corrected chi connectivity index (χ0v) is 8.56. The molecule has 0 fully saturated rings. The van der Waals surface area contributed by atoms with E-state index >= 15 is 0 Å². The third kappa shape index (κ3) is 6.37. The van der Waals surface area contributed by atoms with Crippen molar-refractivity contribution in [1.82, 2.24) is 0 Å². The van der Waals surface area contributed by atoms with Crippen LogP contribution in [0.1, 0.15) is 33.6 Å². The minimum atomic E-state index is -3.94. The molecule has 0 aliphatic carbocycles.